The maximum absolute atomic E-state index is 12.8. The number of alkyl halides is 3. The van der Waals surface area contributed by atoms with Crippen LogP contribution in [0.2, 0.25) is 5.02 Å². The van der Waals surface area contributed by atoms with Crippen molar-refractivity contribution in [3.63, 3.8) is 0 Å². The van der Waals surface area contributed by atoms with Gasteiger partial charge in [-0.1, -0.05) is 11.6 Å². The lowest BCUT2D eigenvalue weighted by Crippen LogP contribution is -2.47. The zero-order chi connectivity index (χ0) is 16.1. The molecule has 0 heterocycles. The highest BCUT2D eigenvalue weighted by atomic mass is 35.7. The maximum Gasteiger partial charge on any atom is 0.411 e. The highest BCUT2D eigenvalue weighted by molar-refractivity contribution is 8.13. The Balaban J connectivity index is 2.30. The van der Waals surface area contributed by atoms with Crippen molar-refractivity contribution >= 4 is 37.2 Å². The van der Waals surface area contributed by atoms with Gasteiger partial charge >= 0.3 is 6.18 Å². The summed E-state index contributed by atoms with van der Waals surface area (Å²) in [7, 11) is 0.927. The van der Waals surface area contributed by atoms with Crippen LogP contribution < -0.4 is 5.32 Å². The Morgan fingerprint density at radius 3 is 2.29 bits per heavy atom. The van der Waals surface area contributed by atoms with Crippen molar-refractivity contribution in [1.29, 1.82) is 0 Å². The summed E-state index contributed by atoms with van der Waals surface area (Å²) in [6.07, 6.45) is -4.98. The predicted octanol–water partition coefficient (Wildman–Crippen LogP) is 3.09. The Kier molecular flexibility index (Phi) is 3.92. The molecular weight excluding hydrogens is 354 g/mol. The summed E-state index contributed by atoms with van der Waals surface area (Å²) in [6, 6.07) is 3.04. The summed E-state index contributed by atoms with van der Waals surface area (Å²) >= 11 is 5.63. The molecule has 0 unspecified atom stereocenters. The van der Waals surface area contributed by atoms with E-state index in [1.165, 1.54) is 0 Å². The first-order valence-corrected chi connectivity index (χ1v) is 8.28. The number of rotatable bonds is 3. The monoisotopic (exact) mass is 361 g/mol. The maximum atomic E-state index is 12.8. The summed E-state index contributed by atoms with van der Waals surface area (Å²) in [5.41, 5.74) is -2.50. The summed E-state index contributed by atoms with van der Waals surface area (Å²) < 4.78 is 60.8. The van der Waals surface area contributed by atoms with E-state index in [1.54, 1.807) is 0 Å². The van der Waals surface area contributed by atoms with E-state index in [0.717, 1.165) is 18.2 Å². The average molecular weight is 362 g/mol. The molecule has 1 fully saturated rings. The number of halogens is 5. The third-order valence-electron chi connectivity index (χ3n) is 3.10. The SMILES string of the molecule is O=C(NC1(C(F)(F)F)CC1)c1ccc(Cl)c(S(=O)(=O)Cl)c1. The van der Waals surface area contributed by atoms with Crippen molar-refractivity contribution in [2.75, 3.05) is 0 Å². The zero-order valence-corrected chi connectivity index (χ0v) is 12.5. The Labute approximate surface area is 127 Å². The third kappa shape index (κ3) is 3.27. The van der Waals surface area contributed by atoms with Gasteiger partial charge in [-0.15, -0.1) is 0 Å². The number of hydrogen-bond donors (Lipinski definition) is 1. The molecule has 1 aliphatic rings. The van der Waals surface area contributed by atoms with E-state index in [1.807, 2.05) is 5.32 Å². The minimum Gasteiger partial charge on any atom is -0.338 e. The molecule has 0 saturated heterocycles. The summed E-state index contributed by atoms with van der Waals surface area (Å²) in [5.74, 6) is -1.04. The van der Waals surface area contributed by atoms with Crippen LogP contribution in [0.15, 0.2) is 23.1 Å². The van der Waals surface area contributed by atoms with Crippen molar-refractivity contribution in [2.24, 2.45) is 0 Å². The first kappa shape index (κ1) is 16.4. The van der Waals surface area contributed by atoms with E-state index >= 15 is 0 Å². The molecule has 1 amide bonds. The Morgan fingerprint density at radius 2 is 1.86 bits per heavy atom. The molecular formula is C11H8Cl2F3NO3S. The molecule has 0 radical (unpaired) electrons. The summed E-state index contributed by atoms with van der Waals surface area (Å²) in [5, 5.41) is 1.65. The number of amides is 1. The third-order valence-corrected chi connectivity index (χ3v) is 4.90. The molecule has 1 N–H and O–H groups in total. The van der Waals surface area contributed by atoms with E-state index in [2.05, 4.69) is 0 Å². The summed E-state index contributed by atoms with van der Waals surface area (Å²) in [4.78, 5) is 11.3. The Morgan fingerprint density at radius 1 is 1.29 bits per heavy atom. The molecule has 116 valence electrons. The molecule has 1 aromatic carbocycles. The van der Waals surface area contributed by atoms with Crippen LogP contribution in [0.4, 0.5) is 13.2 Å². The second-order valence-electron chi connectivity index (χ2n) is 4.62. The zero-order valence-electron chi connectivity index (χ0n) is 10.2. The molecule has 1 aliphatic carbocycles. The predicted molar refractivity (Wildman–Crippen MR) is 70.0 cm³/mol. The smallest absolute Gasteiger partial charge is 0.338 e. The van der Waals surface area contributed by atoms with Crippen molar-refractivity contribution in [3.05, 3.63) is 28.8 Å². The molecule has 0 aliphatic heterocycles. The van der Waals surface area contributed by atoms with Crippen LogP contribution in [0.5, 0.6) is 0 Å². The van der Waals surface area contributed by atoms with Crippen LogP contribution >= 0.6 is 22.3 Å². The van der Waals surface area contributed by atoms with E-state index in [-0.39, 0.29) is 23.4 Å². The number of nitrogens with one attached hydrogen (secondary N) is 1. The quantitative estimate of drug-likeness (QED) is 0.841. The molecule has 0 spiro atoms. The molecule has 21 heavy (non-hydrogen) atoms. The van der Waals surface area contributed by atoms with Crippen LogP contribution in [0.3, 0.4) is 0 Å². The van der Waals surface area contributed by atoms with Gasteiger partial charge in [-0.3, -0.25) is 4.79 Å². The molecule has 4 nitrogen and oxygen atoms in total. The van der Waals surface area contributed by atoms with Gasteiger partial charge < -0.3 is 5.32 Å². The minimum atomic E-state index is -4.56. The minimum absolute atomic E-state index is 0.212. The van der Waals surface area contributed by atoms with Crippen molar-refractivity contribution < 1.29 is 26.4 Å². The van der Waals surface area contributed by atoms with Crippen molar-refractivity contribution in [1.82, 2.24) is 5.32 Å². The first-order valence-electron chi connectivity index (χ1n) is 5.60. The van der Waals surface area contributed by atoms with Crippen molar-refractivity contribution in [2.45, 2.75) is 29.5 Å². The van der Waals surface area contributed by atoms with Crippen LogP contribution in [-0.4, -0.2) is 26.0 Å². The molecule has 10 heteroatoms. The molecule has 1 aromatic rings. The van der Waals surface area contributed by atoms with Gasteiger partial charge in [0.2, 0.25) is 0 Å². The topological polar surface area (TPSA) is 63.2 Å². The largest absolute Gasteiger partial charge is 0.411 e. The van der Waals surface area contributed by atoms with Gasteiger partial charge in [-0.25, -0.2) is 8.42 Å². The first-order chi connectivity index (χ1) is 9.46. The number of carbonyl (C=O) groups is 1. The normalized spacial score (nSPS) is 17.4. The van der Waals surface area contributed by atoms with Gasteiger partial charge in [-0.2, -0.15) is 13.2 Å². The van der Waals surface area contributed by atoms with E-state index in [9.17, 15) is 26.4 Å². The second kappa shape index (κ2) is 5.03. The standard InChI is InChI=1S/C11H8Cl2F3NO3S/c12-7-2-1-6(5-8(7)21(13,19)20)9(18)17-10(3-4-10)11(14,15)16/h1-2,5H,3-4H2,(H,17,18). The number of hydrogen-bond acceptors (Lipinski definition) is 3. The lowest BCUT2D eigenvalue weighted by atomic mass is 10.2. The lowest BCUT2D eigenvalue weighted by Gasteiger charge is -2.20. The Bertz CT molecular complexity index is 699. The van der Waals surface area contributed by atoms with Crippen molar-refractivity contribution in [3.8, 4) is 0 Å². The van der Waals surface area contributed by atoms with Gasteiger partial charge in [0, 0.05) is 16.2 Å². The second-order valence-corrected chi connectivity index (χ2v) is 7.56. The average Bonchev–Trinajstić information content (AvgIpc) is 3.08. The molecule has 0 atom stereocenters. The highest BCUT2D eigenvalue weighted by Gasteiger charge is 2.64. The molecule has 1 saturated carbocycles. The van der Waals surface area contributed by atoms with Gasteiger partial charge in [-0.05, 0) is 31.0 Å². The summed E-state index contributed by atoms with van der Waals surface area (Å²) in [6.45, 7) is 0. The molecule has 0 aromatic heterocycles. The number of carbonyl (C=O) groups excluding carboxylic acids is 1. The van der Waals surface area contributed by atoms with Crippen LogP contribution in [0.1, 0.15) is 23.2 Å². The lowest BCUT2D eigenvalue weighted by molar-refractivity contribution is -0.163. The van der Waals surface area contributed by atoms with Crippen LogP contribution in [-0.2, 0) is 9.05 Å². The van der Waals surface area contributed by atoms with E-state index in [4.69, 9.17) is 22.3 Å². The fourth-order valence-electron chi connectivity index (χ4n) is 1.73. The molecule has 2 rings (SSSR count). The number of benzene rings is 1. The van der Waals surface area contributed by atoms with Crippen LogP contribution in [0, 0.1) is 0 Å². The van der Waals surface area contributed by atoms with Gasteiger partial charge in [0.1, 0.15) is 10.4 Å². The fraction of sp³-hybridized carbons (Fsp3) is 0.364. The van der Waals surface area contributed by atoms with Crippen LogP contribution in [0.25, 0.3) is 0 Å². The van der Waals surface area contributed by atoms with E-state index in [0.29, 0.717) is 0 Å². The van der Waals surface area contributed by atoms with Gasteiger partial charge in [0.15, 0.2) is 0 Å². The van der Waals surface area contributed by atoms with Gasteiger partial charge in [0.25, 0.3) is 15.0 Å². The Hall–Kier alpha value is -0.990. The fourth-order valence-corrected chi connectivity index (χ4v) is 3.22. The van der Waals surface area contributed by atoms with E-state index < -0.39 is 31.6 Å². The molecule has 0 bridgehead atoms. The van der Waals surface area contributed by atoms with Gasteiger partial charge in [0.05, 0.1) is 5.02 Å². The highest BCUT2D eigenvalue weighted by Crippen LogP contribution is 2.49.